The minimum atomic E-state index is 0.887. The fraction of sp³-hybridized carbons (Fsp3) is 0.438. The standard InChI is InChI=1S/C16H20N2O/c1-4-14(15-6-2-8-17-16(15)7-1)5-3-9-18-10-12-19-13-11-18/h1-2,4,6-8H,3,5,9-13H2. The molecule has 0 bridgehead atoms. The SMILES string of the molecule is c1cc(CCCN2CCOCC2)c2cccnc2c1. The molecule has 3 heteroatoms. The van der Waals surface area contributed by atoms with Crippen LogP contribution in [-0.4, -0.2) is 42.7 Å². The minimum absolute atomic E-state index is 0.887. The van der Waals surface area contributed by atoms with Crippen LogP contribution in [0.25, 0.3) is 10.9 Å². The molecule has 1 aliphatic rings. The molecule has 3 rings (SSSR count). The Morgan fingerprint density at radius 2 is 2.00 bits per heavy atom. The lowest BCUT2D eigenvalue weighted by atomic mass is 10.0. The Bertz CT molecular complexity index is 530. The summed E-state index contributed by atoms with van der Waals surface area (Å²) in [6.07, 6.45) is 4.19. The molecule has 100 valence electrons. The number of pyridine rings is 1. The lowest BCUT2D eigenvalue weighted by molar-refractivity contribution is 0.0375. The normalized spacial score (nSPS) is 16.8. The molecule has 2 aromatic rings. The summed E-state index contributed by atoms with van der Waals surface area (Å²) in [6, 6.07) is 10.6. The third-order valence-corrected chi connectivity index (χ3v) is 3.76. The maximum Gasteiger partial charge on any atom is 0.0704 e. The van der Waals surface area contributed by atoms with Gasteiger partial charge in [0.25, 0.3) is 0 Å². The predicted octanol–water partition coefficient (Wildman–Crippen LogP) is 2.50. The molecule has 0 radical (unpaired) electrons. The molecule has 1 aromatic heterocycles. The van der Waals surface area contributed by atoms with Gasteiger partial charge in [-0.3, -0.25) is 9.88 Å². The van der Waals surface area contributed by atoms with Crippen LogP contribution < -0.4 is 0 Å². The number of fused-ring (bicyclic) bond motifs is 1. The van der Waals surface area contributed by atoms with E-state index in [-0.39, 0.29) is 0 Å². The van der Waals surface area contributed by atoms with Gasteiger partial charge in [0, 0.05) is 24.7 Å². The zero-order valence-corrected chi connectivity index (χ0v) is 11.2. The smallest absolute Gasteiger partial charge is 0.0704 e. The molecule has 0 spiro atoms. The fourth-order valence-electron chi connectivity index (χ4n) is 2.70. The summed E-state index contributed by atoms with van der Waals surface area (Å²) in [4.78, 5) is 6.91. The molecule has 3 nitrogen and oxygen atoms in total. The first kappa shape index (κ1) is 12.6. The monoisotopic (exact) mass is 256 g/mol. The summed E-state index contributed by atoms with van der Waals surface area (Å²) < 4.78 is 5.37. The number of aryl methyl sites for hydroxylation is 1. The van der Waals surface area contributed by atoms with Crippen molar-refractivity contribution in [3.05, 3.63) is 42.1 Å². The van der Waals surface area contributed by atoms with Crippen molar-refractivity contribution in [2.45, 2.75) is 12.8 Å². The molecule has 0 amide bonds. The lowest BCUT2D eigenvalue weighted by Gasteiger charge is -2.26. The molecular weight excluding hydrogens is 236 g/mol. The van der Waals surface area contributed by atoms with Crippen LogP contribution in [0.1, 0.15) is 12.0 Å². The summed E-state index contributed by atoms with van der Waals surface area (Å²) in [5.74, 6) is 0. The Hall–Kier alpha value is -1.45. The molecule has 0 atom stereocenters. The molecule has 1 fully saturated rings. The van der Waals surface area contributed by atoms with E-state index in [9.17, 15) is 0 Å². The Morgan fingerprint density at radius 3 is 2.89 bits per heavy atom. The maximum atomic E-state index is 5.37. The van der Waals surface area contributed by atoms with Crippen molar-refractivity contribution in [2.24, 2.45) is 0 Å². The van der Waals surface area contributed by atoms with Gasteiger partial charge >= 0.3 is 0 Å². The van der Waals surface area contributed by atoms with E-state index in [4.69, 9.17) is 4.74 Å². The van der Waals surface area contributed by atoms with Crippen LogP contribution in [-0.2, 0) is 11.2 Å². The number of hydrogen-bond donors (Lipinski definition) is 0. The average Bonchev–Trinajstić information content (AvgIpc) is 2.49. The van der Waals surface area contributed by atoms with Crippen LogP contribution in [0.3, 0.4) is 0 Å². The van der Waals surface area contributed by atoms with Gasteiger partial charge in [0.15, 0.2) is 0 Å². The van der Waals surface area contributed by atoms with Gasteiger partial charge in [-0.2, -0.15) is 0 Å². The Morgan fingerprint density at radius 1 is 1.11 bits per heavy atom. The van der Waals surface area contributed by atoms with Gasteiger partial charge in [-0.1, -0.05) is 18.2 Å². The fourth-order valence-corrected chi connectivity index (χ4v) is 2.70. The van der Waals surface area contributed by atoms with E-state index in [1.165, 1.54) is 23.9 Å². The van der Waals surface area contributed by atoms with Crippen molar-refractivity contribution in [3.8, 4) is 0 Å². The highest BCUT2D eigenvalue weighted by atomic mass is 16.5. The topological polar surface area (TPSA) is 25.4 Å². The van der Waals surface area contributed by atoms with Crippen LogP contribution in [0.2, 0.25) is 0 Å². The second-order valence-corrected chi connectivity index (χ2v) is 5.04. The highest BCUT2D eigenvalue weighted by Crippen LogP contribution is 2.18. The summed E-state index contributed by atoms with van der Waals surface area (Å²) in [6.45, 7) is 5.10. The number of morpholine rings is 1. The Kier molecular flexibility index (Phi) is 4.06. The number of benzene rings is 1. The Labute approximate surface area is 114 Å². The molecule has 0 saturated carbocycles. The van der Waals surface area contributed by atoms with Crippen LogP contribution in [0, 0.1) is 0 Å². The first-order valence-electron chi connectivity index (χ1n) is 7.06. The zero-order chi connectivity index (χ0) is 12.9. The summed E-state index contributed by atoms with van der Waals surface area (Å²) >= 11 is 0. The van der Waals surface area contributed by atoms with Crippen LogP contribution in [0.5, 0.6) is 0 Å². The largest absolute Gasteiger partial charge is 0.379 e. The number of ether oxygens (including phenoxy) is 1. The molecule has 1 aromatic carbocycles. The van der Waals surface area contributed by atoms with E-state index in [0.717, 1.165) is 38.2 Å². The molecular formula is C16H20N2O. The second kappa shape index (κ2) is 6.13. The van der Waals surface area contributed by atoms with Gasteiger partial charge < -0.3 is 4.74 Å². The minimum Gasteiger partial charge on any atom is -0.379 e. The van der Waals surface area contributed by atoms with Crippen molar-refractivity contribution in [1.82, 2.24) is 9.88 Å². The first-order chi connectivity index (χ1) is 9.43. The van der Waals surface area contributed by atoms with E-state index in [2.05, 4.69) is 34.1 Å². The predicted molar refractivity (Wildman–Crippen MR) is 77.3 cm³/mol. The third-order valence-electron chi connectivity index (χ3n) is 3.76. The van der Waals surface area contributed by atoms with E-state index in [1.54, 1.807) is 0 Å². The van der Waals surface area contributed by atoms with Gasteiger partial charge in [0.05, 0.1) is 18.7 Å². The average molecular weight is 256 g/mol. The van der Waals surface area contributed by atoms with Gasteiger partial charge in [0.1, 0.15) is 0 Å². The van der Waals surface area contributed by atoms with E-state index in [0.29, 0.717) is 0 Å². The van der Waals surface area contributed by atoms with Crippen molar-refractivity contribution in [2.75, 3.05) is 32.8 Å². The van der Waals surface area contributed by atoms with Crippen molar-refractivity contribution < 1.29 is 4.74 Å². The summed E-state index contributed by atoms with van der Waals surface area (Å²) in [5.41, 5.74) is 2.52. The highest BCUT2D eigenvalue weighted by Gasteiger charge is 2.09. The maximum absolute atomic E-state index is 5.37. The molecule has 0 aliphatic carbocycles. The van der Waals surface area contributed by atoms with Crippen molar-refractivity contribution in [3.63, 3.8) is 0 Å². The van der Waals surface area contributed by atoms with Gasteiger partial charge in [-0.15, -0.1) is 0 Å². The van der Waals surface area contributed by atoms with E-state index >= 15 is 0 Å². The number of nitrogens with zero attached hydrogens (tertiary/aromatic N) is 2. The van der Waals surface area contributed by atoms with Crippen LogP contribution in [0.15, 0.2) is 36.5 Å². The van der Waals surface area contributed by atoms with E-state index < -0.39 is 0 Å². The van der Waals surface area contributed by atoms with E-state index in [1.807, 2.05) is 12.3 Å². The number of hydrogen-bond acceptors (Lipinski definition) is 3. The lowest BCUT2D eigenvalue weighted by Crippen LogP contribution is -2.36. The highest BCUT2D eigenvalue weighted by molar-refractivity contribution is 5.81. The quantitative estimate of drug-likeness (QED) is 0.840. The Balaban J connectivity index is 1.62. The second-order valence-electron chi connectivity index (χ2n) is 5.04. The summed E-state index contributed by atoms with van der Waals surface area (Å²) in [5, 5.41) is 1.30. The van der Waals surface area contributed by atoms with Crippen molar-refractivity contribution >= 4 is 10.9 Å². The molecule has 1 saturated heterocycles. The van der Waals surface area contributed by atoms with Crippen LogP contribution >= 0.6 is 0 Å². The van der Waals surface area contributed by atoms with Gasteiger partial charge in [0.2, 0.25) is 0 Å². The van der Waals surface area contributed by atoms with Crippen LogP contribution in [0.4, 0.5) is 0 Å². The number of rotatable bonds is 4. The third kappa shape index (κ3) is 3.11. The van der Waals surface area contributed by atoms with Crippen molar-refractivity contribution in [1.29, 1.82) is 0 Å². The van der Waals surface area contributed by atoms with Gasteiger partial charge in [-0.05, 0) is 37.1 Å². The molecule has 1 aliphatic heterocycles. The zero-order valence-electron chi connectivity index (χ0n) is 11.2. The number of aromatic nitrogens is 1. The molecule has 2 heterocycles. The first-order valence-corrected chi connectivity index (χ1v) is 7.06. The summed E-state index contributed by atoms with van der Waals surface area (Å²) in [7, 11) is 0. The molecule has 19 heavy (non-hydrogen) atoms. The molecule has 0 N–H and O–H groups in total. The molecule has 0 unspecified atom stereocenters. The van der Waals surface area contributed by atoms with Gasteiger partial charge in [-0.25, -0.2) is 0 Å².